The van der Waals surface area contributed by atoms with Crippen LogP contribution in [0.15, 0.2) is 97.2 Å². The van der Waals surface area contributed by atoms with Gasteiger partial charge in [0.2, 0.25) is 0 Å². The van der Waals surface area contributed by atoms with Crippen molar-refractivity contribution in [3.05, 3.63) is 97.2 Å². The van der Waals surface area contributed by atoms with Crippen LogP contribution in [0.2, 0.25) is 0 Å². The Morgan fingerprint density at radius 2 is 0.671 bits per heavy atom. The van der Waals surface area contributed by atoms with Crippen molar-refractivity contribution in [3.8, 4) is 0 Å². The van der Waals surface area contributed by atoms with Gasteiger partial charge in [0.25, 0.3) is 6.29 Å². The first-order chi connectivity index (χ1) is 41.6. The summed E-state index contributed by atoms with van der Waals surface area (Å²) in [6, 6.07) is 0. The lowest BCUT2D eigenvalue weighted by Crippen LogP contribution is -2.40. The predicted molar refractivity (Wildman–Crippen MR) is 364 cm³/mol. The van der Waals surface area contributed by atoms with Gasteiger partial charge < -0.3 is 28.5 Å². The maximum absolute atomic E-state index is 12.9. The minimum atomic E-state index is -1.51. The zero-order chi connectivity index (χ0) is 61.9. The molecule has 1 N–H and O–H groups in total. The van der Waals surface area contributed by atoms with Crippen molar-refractivity contribution in [3.63, 3.8) is 0 Å². The number of carboxylic acid groups (broad SMARTS) is 1. The second-order valence-corrected chi connectivity index (χ2v) is 24.8. The molecule has 0 spiro atoms. The fourth-order valence-electron chi connectivity index (χ4n) is 9.93. The van der Waals surface area contributed by atoms with Crippen molar-refractivity contribution in [2.45, 2.75) is 322 Å². The zero-order valence-electron chi connectivity index (χ0n) is 56.0. The first-order valence-corrected chi connectivity index (χ1v) is 35.4. The summed E-state index contributed by atoms with van der Waals surface area (Å²) in [5, 5.41) is 9.74. The van der Waals surface area contributed by atoms with E-state index in [0.717, 1.165) is 83.5 Å². The Morgan fingerprint density at radius 1 is 0.365 bits per heavy atom. The van der Waals surface area contributed by atoms with Gasteiger partial charge in [0.05, 0.1) is 34.4 Å². The quantitative estimate of drug-likeness (QED) is 0.0211. The Labute approximate surface area is 524 Å². The summed E-state index contributed by atoms with van der Waals surface area (Å²) in [4.78, 5) is 37.6. The van der Waals surface area contributed by atoms with E-state index < -0.39 is 24.3 Å². The summed E-state index contributed by atoms with van der Waals surface area (Å²) < 4.78 is 23.0. The van der Waals surface area contributed by atoms with Gasteiger partial charge in [-0.25, -0.2) is 4.79 Å². The smallest absolute Gasteiger partial charge is 0.361 e. The van der Waals surface area contributed by atoms with E-state index >= 15 is 0 Å². The van der Waals surface area contributed by atoms with Crippen LogP contribution in [0.5, 0.6) is 0 Å². The molecule has 0 aliphatic heterocycles. The Morgan fingerprint density at radius 3 is 1.01 bits per heavy atom. The number of unbranched alkanes of at least 4 members (excludes halogenated alkanes) is 34. The molecule has 0 fully saturated rings. The Kier molecular flexibility index (Phi) is 63.2. The number of aliphatic carboxylic acids is 1. The van der Waals surface area contributed by atoms with Crippen LogP contribution in [0, 0.1) is 0 Å². The van der Waals surface area contributed by atoms with Crippen molar-refractivity contribution < 1.29 is 42.9 Å². The van der Waals surface area contributed by atoms with Crippen molar-refractivity contribution >= 4 is 17.9 Å². The standard InChI is InChI=1S/C76H133NO8/c1-6-8-10-12-14-16-18-20-22-24-26-28-29-30-31-32-33-34-35-36-37-38-39-40-41-42-43-44-45-47-49-51-53-55-57-59-61-63-65-67-74(79)85-72(71-84-76(75(80)81)82-69-68-77(3,4)5)70-83-73(78)66-64-62-60-58-56-54-52-50-48-46-27-25-23-21-19-17-15-13-11-9-7-2/h8,10,14,16,20,22,25-28,30-31,33-34,36-37,72,76H,6-7,9,11-13,15,17-19,21,23-24,29,32,35,38-71H2,1-5H3/p+1/b10-8-,16-14-,22-20-,27-25-,28-26-,31-30-,34-33-,37-36-. The fraction of sp³-hybridized carbons (Fsp3) is 0.750. The topological polar surface area (TPSA) is 108 Å². The van der Waals surface area contributed by atoms with Crippen LogP contribution in [0.4, 0.5) is 0 Å². The third kappa shape index (κ3) is 67.6. The molecule has 0 heterocycles. The van der Waals surface area contributed by atoms with Gasteiger partial charge in [-0.2, -0.15) is 0 Å². The molecular formula is C76H134NO8+. The summed E-state index contributed by atoms with van der Waals surface area (Å²) in [6.45, 7) is 4.79. The number of rotatable bonds is 65. The molecule has 0 bridgehead atoms. The number of likely N-dealkylation sites (N-methyl/N-ethyl adjacent to an activating group) is 1. The minimum absolute atomic E-state index is 0.183. The summed E-state index contributed by atoms with van der Waals surface area (Å²) >= 11 is 0. The number of quaternary nitrogens is 1. The molecule has 2 atom stereocenters. The molecule has 0 aliphatic rings. The molecule has 0 saturated carbocycles. The van der Waals surface area contributed by atoms with E-state index in [-0.39, 0.29) is 32.2 Å². The van der Waals surface area contributed by atoms with E-state index in [9.17, 15) is 19.5 Å². The first-order valence-electron chi connectivity index (χ1n) is 35.4. The van der Waals surface area contributed by atoms with E-state index in [2.05, 4.69) is 111 Å². The number of carbonyl (C=O) groups is 3. The highest BCUT2D eigenvalue weighted by Gasteiger charge is 2.25. The SMILES string of the molecule is CC/C=C\C/C=C\C/C=C\C/C=C\C/C=C\C/C=C\C/C=C\CCCCCCCCCCCCCCCCCCCC(=O)OC(COC(=O)CCCCCCCCCCC/C=C\CCCCCCCCCC)COC(OCC[N+](C)(C)C)C(=O)O. The van der Waals surface area contributed by atoms with Gasteiger partial charge in [-0.15, -0.1) is 0 Å². The van der Waals surface area contributed by atoms with Crippen LogP contribution in [0.25, 0.3) is 0 Å². The second kappa shape index (κ2) is 66.2. The maximum Gasteiger partial charge on any atom is 0.361 e. The number of nitrogens with zero attached hydrogens (tertiary/aromatic N) is 1. The number of esters is 2. The van der Waals surface area contributed by atoms with Gasteiger partial charge in [0.15, 0.2) is 6.10 Å². The summed E-state index contributed by atoms with van der Waals surface area (Å²) in [5.74, 6) is -2.00. The number of carboxylic acids is 1. The molecule has 0 aromatic rings. The molecule has 9 heteroatoms. The van der Waals surface area contributed by atoms with E-state index in [0.29, 0.717) is 17.4 Å². The van der Waals surface area contributed by atoms with Gasteiger partial charge in [-0.05, 0) is 96.3 Å². The molecule has 0 aliphatic carbocycles. The normalized spacial score (nSPS) is 13.3. The molecule has 0 saturated heterocycles. The second-order valence-electron chi connectivity index (χ2n) is 24.8. The molecule has 490 valence electrons. The number of allylic oxidation sites excluding steroid dienone is 16. The van der Waals surface area contributed by atoms with Gasteiger partial charge in [0.1, 0.15) is 13.2 Å². The van der Waals surface area contributed by atoms with Crippen LogP contribution in [-0.4, -0.2) is 87.4 Å². The highest BCUT2D eigenvalue weighted by molar-refractivity contribution is 5.71. The Hall–Kier alpha value is -3.79. The predicted octanol–water partition coefficient (Wildman–Crippen LogP) is 22.0. The molecular weight excluding hydrogens is 1050 g/mol. The van der Waals surface area contributed by atoms with Crippen molar-refractivity contribution in [2.24, 2.45) is 0 Å². The van der Waals surface area contributed by atoms with Crippen LogP contribution in [-0.2, 0) is 33.3 Å². The van der Waals surface area contributed by atoms with Gasteiger partial charge in [-0.3, -0.25) is 9.59 Å². The van der Waals surface area contributed by atoms with E-state index in [1.165, 1.54) is 199 Å². The largest absolute Gasteiger partial charge is 0.477 e. The third-order valence-corrected chi connectivity index (χ3v) is 15.3. The molecule has 9 nitrogen and oxygen atoms in total. The average Bonchev–Trinajstić information content (AvgIpc) is 3.49. The minimum Gasteiger partial charge on any atom is -0.477 e. The van der Waals surface area contributed by atoms with Gasteiger partial charge >= 0.3 is 17.9 Å². The fourth-order valence-corrected chi connectivity index (χ4v) is 9.93. The van der Waals surface area contributed by atoms with Crippen LogP contribution in [0.1, 0.15) is 309 Å². The lowest BCUT2D eigenvalue weighted by atomic mass is 10.0. The van der Waals surface area contributed by atoms with Crippen LogP contribution in [0.3, 0.4) is 0 Å². The molecule has 2 unspecified atom stereocenters. The molecule has 0 rings (SSSR count). The number of hydrogen-bond donors (Lipinski definition) is 1. The number of ether oxygens (including phenoxy) is 4. The molecule has 0 aromatic heterocycles. The van der Waals surface area contributed by atoms with Crippen LogP contribution < -0.4 is 0 Å². The van der Waals surface area contributed by atoms with Crippen molar-refractivity contribution in [1.82, 2.24) is 0 Å². The van der Waals surface area contributed by atoms with E-state index in [1.807, 2.05) is 21.1 Å². The monoisotopic (exact) mass is 1190 g/mol. The van der Waals surface area contributed by atoms with Crippen molar-refractivity contribution in [2.75, 3.05) is 47.5 Å². The molecule has 0 aromatic carbocycles. The highest BCUT2D eigenvalue weighted by Crippen LogP contribution is 2.17. The molecule has 0 radical (unpaired) electrons. The maximum atomic E-state index is 12.9. The molecule has 85 heavy (non-hydrogen) atoms. The van der Waals surface area contributed by atoms with E-state index in [1.54, 1.807) is 0 Å². The first kappa shape index (κ1) is 81.2. The number of carbonyl (C=O) groups excluding carboxylic acids is 2. The zero-order valence-corrected chi connectivity index (χ0v) is 56.0. The third-order valence-electron chi connectivity index (χ3n) is 15.3. The average molecular weight is 1190 g/mol. The lowest BCUT2D eigenvalue weighted by Gasteiger charge is -2.25. The van der Waals surface area contributed by atoms with Crippen LogP contribution >= 0.6 is 0 Å². The number of hydrogen-bond acceptors (Lipinski definition) is 7. The van der Waals surface area contributed by atoms with E-state index in [4.69, 9.17) is 18.9 Å². The summed E-state index contributed by atoms with van der Waals surface area (Å²) in [5.41, 5.74) is 0. The Balaban J connectivity index is 4.06. The Bertz CT molecular complexity index is 1720. The van der Waals surface area contributed by atoms with Gasteiger partial charge in [-0.1, -0.05) is 297 Å². The summed E-state index contributed by atoms with van der Waals surface area (Å²) in [6.07, 6.45) is 88.1. The lowest BCUT2D eigenvalue weighted by molar-refractivity contribution is -0.870. The summed E-state index contributed by atoms with van der Waals surface area (Å²) in [7, 11) is 5.98. The molecule has 0 amide bonds. The highest BCUT2D eigenvalue weighted by atomic mass is 16.7. The van der Waals surface area contributed by atoms with Gasteiger partial charge in [0, 0.05) is 12.8 Å². The van der Waals surface area contributed by atoms with Crippen molar-refractivity contribution in [1.29, 1.82) is 0 Å².